The molecule has 3 nitrogen and oxygen atoms in total. The molecule has 0 aromatic heterocycles. The van der Waals surface area contributed by atoms with E-state index in [1.54, 1.807) is 7.11 Å². The molecule has 0 saturated heterocycles. The molecule has 0 fully saturated rings. The Labute approximate surface area is 153 Å². The summed E-state index contributed by atoms with van der Waals surface area (Å²) in [5.41, 5.74) is 4.20. The van der Waals surface area contributed by atoms with Crippen LogP contribution < -0.4 is 4.74 Å². The van der Waals surface area contributed by atoms with Crippen LogP contribution in [-0.2, 0) is 6.54 Å². The van der Waals surface area contributed by atoms with Crippen LogP contribution in [0.4, 0.5) is 0 Å². The summed E-state index contributed by atoms with van der Waals surface area (Å²) in [6.45, 7) is 1.14. The average Bonchev–Trinajstić information content (AvgIpc) is 2.69. The Balaban J connectivity index is 1.81. The van der Waals surface area contributed by atoms with Gasteiger partial charge in [-0.1, -0.05) is 60.7 Å². The van der Waals surface area contributed by atoms with Crippen LogP contribution in [0.5, 0.6) is 5.75 Å². The molecule has 4 rings (SSSR count). The predicted molar refractivity (Wildman–Crippen MR) is 102 cm³/mol. The Morgan fingerprint density at radius 2 is 1.65 bits per heavy atom. The van der Waals surface area contributed by atoms with E-state index in [0.29, 0.717) is 6.54 Å². The molecular formula is C23H21NO2. The Hall–Kier alpha value is -2.91. The van der Waals surface area contributed by atoms with Crippen molar-refractivity contribution in [2.45, 2.75) is 12.6 Å². The summed E-state index contributed by atoms with van der Waals surface area (Å²) in [6, 6.07) is 26.5. The zero-order valence-electron chi connectivity index (χ0n) is 14.8. The summed E-state index contributed by atoms with van der Waals surface area (Å²) in [4.78, 5) is 15.0. The highest BCUT2D eigenvalue weighted by Gasteiger charge is 2.33. The van der Waals surface area contributed by atoms with E-state index in [4.69, 9.17) is 4.74 Å². The van der Waals surface area contributed by atoms with Crippen molar-refractivity contribution in [1.29, 1.82) is 0 Å². The molecule has 130 valence electrons. The van der Waals surface area contributed by atoms with Gasteiger partial charge in [0.15, 0.2) is 5.78 Å². The molecular weight excluding hydrogens is 322 g/mol. The van der Waals surface area contributed by atoms with Crippen molar-refractivity contribution < 1.29 is 9.53 Å². The number of nitrogens with zero attached hydrogens (tertiary/aromatic N) is 1. The maximum atomic E-state index is 12.8. The molecule has 3 aromatic rings. The van der Waals surface area contributed by atoms with Crippen molar-refractivity contribution in [3.63, 3.8) is 0 Å². The lowest BCUT2D eigenvalue weighted by atomic mass is 9.87. The molecule has 0 saturated carbocycles. The fourth-order valence-electron chi connectivity index (χ4n) is 3.70. The Morgan fingerprint density at radius 3 is 2.35 bits per heavy atom. The van der Waals surface area contributed by atoms with Gasteiger partial charge in [-0.25, -0.2) is 0 Å². The molecule has 0 aliphatic carbocycles. The number of hydrogen-bond donors (Lipinski definition) is 0. The number of ether oxygens (including phenoxy) is 1. The van der Waals surface area contributed by atoms with Gasteiger partial charge < -0.3 is 4.74 Å². The minimum Gasteiger partial charge on any atom is -0.497 e. The second-order valence-corrected chi connectivity index (χ2v) is 6.58. The zero-order chi connectivity index (χ0) is 17.9. The molecule has 1 unspecified atom stereocenters. The van der Waals surface area contributed by atoms with Crippen LogP contribution in [0.3, 0.4) is 0 Å². The molecule has 1 atom stereocenters. The second-order valence-electron chi connectivity index (χ2n) is 6.58. The van der Waals surface area contributed by atoms with Crippen molar-refractivity contribution in [1.82, 2.24) is 4.90 Å². The molecule has 0 radical (unpaired) electrons. The van der Waals surface area contributed by atoms with Crippen LogP contribution in [0.25, 0.3) is 0 Å². The smallest absolute Gasteiger partial charge is 0.177 e. The highest BCUT2D eigenvalue weighted by atomic mass is 16.5. The minimum absolute atomic E-state index is 0.0270. The van der Waals surface area contributed by atoms with Gasteiger partial charge in [-0.05, 0) is 34.9 Å². The first-order valence-corrected chi connectivity index (χ1v) is 8.80. The lowest BCUT2D eigenvalue weighted by molar-refractivity contribution is 0.0865. The SMILES string of the molecule is COc1ccc2c(c1)C(c1ccccc1)N(Cc1ccccc1)CC2=O. The number of Topliss-reactive ketones (excluding diaryl/α,β-unsaturated/α-hetero) is 1. The van der Waals surface area contributed by atoms with Crippen LogP contribution in [0.2, 0.25) is 0 Å². The van der Waals surface area contributed by atoms with Gasteiger partial charge in [-0.15, -0.1) is 0 Å². The molecule has 0 N–H and O–H groups in total. The fourth-order valence-corrected chi connectivity index (χ4v) is 3.70. The monoisotopic (exact) mass is 343 g/mol. The Kier molecular flexibility index (Phi) is 4.55. The van der Waals surface area contributed by atoms with Crippen LogP contribution in [-0.4, -0.2) is 24.3 Å². The van der Waals surface area contributed by atoms with Crippen molar-refractivity contribution >= 4 is 5.78 Å². The minimum atomic E-state index is 0.0270. The fraction of sp³-hybridized carbons (Fsp3) is 0.174. The van der Waals surface area contributed by atoms with Crippen LogP contribution >= 0.6 is 0 Å². The molecule has 0 spiro atoms. The topological polar surface area (TPSA) is 29.5 Å². The van der Waals surface area contributed by atoms with Gasteiger partial charge in [-0.2, -0.15) is 0 Å². The van der Waals surface area contributed by atoms with Crippen molar-refractivity contribution in [2.24, 2.45) is 0 Å². The standard InChI is InChI=1S/C23H21NO2/c1-26-19-12-13-20-21(14-19)23(18-10-6-3-7-11-18)24(16-22(20)25)15-17-8-4-2-5-9-17/h2-14,23H,15-16H2,1H3. The third kappa shape index (κ3) is 3.14. The van der Waals surface area contributed by atoms with Crippen LogP contribution in [0.15, 0.2) is 78.9 Å². The number of fused-ring (bicyclic) bond motifs is 1. The van der Waals surface area contributed by atoms with E-state index in [0.717, 1.165) is 23.4 Å². The van der Waals surface area contributed by atoms with Crippen molar-refractivity contribution in [3.8, 4) is 5.75 Å². The van der Waals surface area contributed by atoms with E-state index in [-0.39, 0.29) is 11.8 Å². The summed E-state index contributed by atoms with van der Waals surface area (Å²) >= 11 is 0. The largest absolute Gasteiger partial charge is 0.497 e. The Morgan fingerprint density at radius 1 is 0.962 bits per heavy atom. The molecule has 26 heavy (non-hydrogen) atoms. The van der Waals surface area contributed by atoms with Crippen LogP contribution in [0, 0.1) is 0 Å². The lowest BCUT2D eigenvalue weighted by Crippen LogP contribution is -2.39. The first kappa shape index (κ1) is 16.6. The highest BCUT2D eigenvalue weighted by molar-refractivity contribution is 6.00. The number of benzene rings is 3. The van der Waals surface area contributed by atoms with E-state index in [2.05, 4.69) is 29.2 Å². The molecule has 0 amide bonds. The number of ketones is 1. The van der Waals surface area contributed by atoms with Gasteiger partial charge in [0, 0.05) is 12.1 Å². The predicted octanol–water partition coefficient (Wildman–Crippen LogP) is 4.48. The van der Waals surface area contributed by atoms with E-state index >= 15 is 0 Å². The second kappa shape index (κ2) is 7.14. The number of carbonyl (C=O) groups is 1. The van der Waals surface area contributed by atoms with Gasteiger partial charge in [0.2, 0.25) is 0 Å². The van der Waals surface area contributed by atoms with Crippen molar-refractivity contribution in [3.05, 3.63) is 101 Å². The first-order chi connectivity index (χ1) is 12.8. The third-order valence-corrected chi connectivity index (χ3v) is 4.91. The van der Waals surface area contributed by atoms with Gasteiger partial charge in [0.25, 0.3) is 0 Å². The average molecular weight is 343 g/mol. The van der Waals surface area contributed by atoms with Gasteiger partial charge in [0.05, 0.1) is 19.7 Å². The summed E-state index contributed by atoms with van der Waals surface area (Å²) in [5.74, 6) is 0.935. The molecule has 0 bridgehead atoms. The summed E-state index contributed by atoms with van der Waals surface area (Å²) in [7, 11) is 1.66. The van der Waals surface area contributed by atoms with E-state index < -0.39 is 0 Å². The molecule has 1 heterocycles. The summed E-state index contributed by atoms with van der Waals surface area (Å²) < 4.78 is 5.42. The lowest BCUT2D eigenvalue weighted by Gasteiger charge is -2.37. The Bertz CT molecular complexity index is 906. The molecule has 3 heteroatoms. The maximum Gasteiger partial charge on any atom is 0.177 e. The highest BCUT2D eigenvalue weighted by Crippen LogP contribution is 2.37. The number of hydrogen-bond acceptors (Lipinski definition) is 3. The third-order valence-electron chi connectivity index (χ3n) is 4.91. The van der Waals surface area contributed by atoms with Crippen molar-refractivity contribution in [2.75, 3.05) is 13.7 Å². The quantitative estimate of drug-likeness (QED) is 0.699. The number of carbonyl (C=O) groups excluding carboxylic acids is 1. The van der Waals surface area contributed by atoms with E-state index in [1.807, 2.05) is 54.6 Å². The summed E-state index contributed by atoms with van der Waals surface area (Å²) in [6.07, 6.45) is 0. The van der Waals surface area contributed by atoms with E-state index in [9.17, 15) is 4.79 Å². The van der Waals surface area contributed by atoms with Crippen LogP contribution in [0.1, 0.15) is 33.1 Å². The molecule has 1 aliphatic heterocycles. The summed E-state index contributed by atoms with van der Waals surface area (Å²) in [5, 5.41) is 0. The van der Waals surface area contributed by atoms with Gasteiger partial charge in [-0.3, -0.25) is 9.69 Å². The number of methoxy groups -OCH3 is 1. The first-order valence-electron chi connectivity index (χ1n) is 8.80. The molecule has 3 aromatic carbocycles. The van der Waals surface area contributed by atoms with Gasteiger partial charge in [0.1, 0.15) is 5.75 Å². The normalized spacial score (nSPS) is 17.0. The number of rotatable bonds is 4. The maximum absolute atomic E-state index is 12.8. The molecule has 1 aliphatic rings. The van der Waals surface area contributed by atoms with E-state index in [1.165, 1.54) is 11.1 Å². The van der Waals surface area contributed by atoms with Gasteiger partial charge >= 0.3 is 0 Å². The zero-order valence-corrected chi connectivity index (χ0v) is 14.8.